The minimum absolute atomic E-state index is 0.1000. The molecule has 0 saturated carbocycles. The monoisotopic (exact) mass is 269 g/mol. The molecule has 9 heteroatoms. The third-order valence-electron chi connectivity index (χ3n) is 2.40. The van der Waals surface area contributed by atoms with Crippen molar-refractivity contribution in [2.45, 2.75) is 13.0 Å². The maximum atomic E-state index is 11.4. The molecule has 1 atom stereocenters. The van der Waals surface area contributed by atoms with Crippen LogP contribution in [0.5, 0.6) is 0 Å². The molecule has 0 aliphatic rings. The Balaban J connectivity index is 2.38. The van der Waals surface area contributed by atoms with Gasteiger partial charge in [0.15, 0.2) is 0 Å². The smallest absolute Gasteiger partial charge is 0.358 e. The Bertz CT molecular complexity index is 604. The minimum Gasteiger partial charge on any atom is -0.358 e. The molecule has 2 aromatic heterocycles. The molecule has 0 saturated heterocycles. The average molecular weight is 269 g/mol. The highest BCUT2D eigenvalue weighted by Gasteiger charge is 2.25. The van der Waals surface area contributed by atoms with E-state index in [0.717, 1.165) is 0 Å². The predicted octanol–water partition coefficient (Wildman–Crippen LogP) is 0.850. The van der Waals surface area contributed by atoms with Gasteiger partial charge in [-0.3, -0.25) is 4.79 Å². The quantitative estimate of drug-likeness (QED) is 0.633. The summed E-state index contributed by atoms with van der Waals surface area (Å²) in [4.78, 5) is 26.5. The molecule has 0 radical (unpaired) electrons. The Morgan fingerprint density at radius 2 is 2.39 bits per heavy atom. The van der Waals surface area contributed by atoms with E-state index in [1.54, 1.807) is 18.5 Å². The van der Waals surface area contributed by atoms with Crippen molar-refractivity contribution in [3.8, 4) is 0 Å². The number of likely N-dealkylation sites (N-methyl/N-ethyl adjacent to an activating group) is 1. The summed E-state index contributed by atoms with van der Waals surface area (Å²) in [5.41, 5.74) is 0. The zero-order valence-corrected chi connectivity index (χ0v) is 10.5. The molecule has 0 spiro atoms. The van der Waals surface area contributed by atoms with Crippen molar-refractivity contribution in [3.05, 3.63) is 21.7 Å². The fourth-order valence-electron chi connectivity index (χ4n) is 1.53. The molecule has 0 aromatic carbocycles. The first-order valence-electron chi connectivity index (χ1n) is 5.12. The van der Waals surface area contributed by atoms with Crippen LogP contribution in [0.15, 0.2) is 11.6 Å². The third kappa shape index (κ3) is 1.99. The van der Waals surface area contributed by atoms with Crippen LogP contribution < -0.4 is 10.6 Å². The van der Waals surface area contributed by atoms with Gasteiger partial charge in [-0.05, 0) is 11.8 Å². The summed E-state index contributed by atoms with van der Waals surface area (Å²) in [6, 6.07) is -0.599. The Morgan fingerprint density at radius 3 is 3.00 bits per heavy atom. The summed E-state index contributed by atoms with van der Waals surface area (Å²) in [6.45, 7) is 1.61. The predicted molar refractivity (Wildman–Crippen MR) is 66.9 cm³/mol. The number of carbonyl (C=O) groups excluding carboxylic acids is 1. The van der Waals surface area contributed by atoms with Crippen molar-refractivity contribution in [1.82, 2.24) is 14.7 Å². The van der Waals surface area contributed by atoms with E-state index in [1.807, 2.05) is 0 Å². The van der Waals surface area contributed by atoms with E-state index in [9.17, 15) is 14.9 Å². The van der Waals surface area contributed by atoms with Gasteiger partial charge in [-0.25, -0.2) is 0 Å². The highest BCUT2D eigenvalue weighted by Crippen LogP contribution is 2.28. The molecule has 0 bridgehead atoms. The largest absolute Gasteiger partial charge is 0.372 e. The molecule has 2 rings (SSSR count). The second kappa shape index (κ2) is 4.61. The van der Waals surface area contributed by atoms with Gasteiger partial charge in [0.2, 0.25) is 11.7 Å². The summed E-state index contributed by atoms with van der Waals surface area (Å²) in [5, 5.41) is 17.9. The maximum absolute atomic E-state index is 11.4. The molecule has 96 valence electrons. The summed E-state index contributed by atoms with van der Waals surface area (Å²) < 4.78 is 1.38. The standard InChI is InChI=1S/C9H11N5O3S/c1-5(7(15)10-2)11-6-8(14(16)17)13-3-4-18-9(13)12-6/h3-5,11H,1-2H3,(H,10,15). The molecule has 2 heterocycles. The number of carbonyl (C=O) groups is 1. The fourth-order valence-corrected chi connectivity index (χ4v) is 2.24. The fraction of sp³-hybridized carbons (Fsp3) is 0.333. The lowest BCUT2D eigenvalue weighted by molar-refractivity contribution is -0.389. The van der Waals surface area contributed by atoms with Crippen LogP contribution in [0.3, 0.4) is 0 Å². The van der Waals surface area contributed by atoms with Gasteiger partial charge in [0, 0.05) is 12.4 Å². The molecular weight excluding hydrogens is 258 g/mol. The van der Waals surface area contributed by atoms with Gasteiger partial charge >= 0.3 is 5.82 Å². The Hall–Kier alpha value is -2.16. The number of nitro groups is 1. The number of hydrogen-bond acceptors (Lipinski definition) is 6. The van der Waals surface area contributed by atoms with Crippen molar-refractivity contribution in [2.75, 3.05) is 12.4 Å². The zero-order valence-electron chi connectivity index (χ0n) is 9.71. The molecule has 0 aliphatic carbocycles. The lowest BCUT2D eigenvalue weighted by Gasteiger charge is -2.10. The summed E-state index contributed by atoms with van der Waals surface area (Å²) in [7, 11) is 1.50. The van der Waals surface area contributed by atoms with Crippen molar-refractivity contribution in [2.24, 2.45) is 0 Å². The highest BCUT2D eigenvalue weighted by molar-refractivity contribution is 7.15. The van der Waals surface area contributed by atoms with E-state index in [0.29, 0.717) is 4.96 Å². The summed E-state index contributed by atoms with van der Waals surface area (Å²) >= 11 is 1.29. The molecule has 8 nitrogen and oxygen atoms in total. The second-order valence-corrected chi connectivity index (χ2v) is 4.45. The van der Waals surface area contributed by atoms with E-state index in [-0.39, 0.29) is 17.5 Å². The molecule has 1 unspecified atom stereocenters. The van der Waals surface area contributed by atoms with E-state index in [4.69, 9.17) is 0 Å². The van der Waals surface area contributed by atoms with E-state index in [2.05, 4.69) is 15.6 Å². The van der Waals surface area contributed by atoms with Crippen LogP contribution >= 0.6 is 11.3 Å². The first kappa shape index (κ1) is 12.3. The molecular formula is C9H11N5O3S. The number of hydrogen-bond donors (Lipinski definition) is 2. The summed E-state index contributed by atoms with van der Waals surface area (Å²) in [5.74, 6) is -0.328. The molecule has 2 aromatic rings. The van der Waals surface area contributed by atoms with Gasteiger partial charge in [-0.15, -0.1) is 0 Å². The van der Waals surface area contributed by atoms with Crippen LogP contribution in [0, 0.1) is 10.1 Å². The molecule has 0 aliphatic heterocycles. The van der Waals surface area contributed by atoms with E-state index >= 15 is 0 Å². The number of rotatable bonds is 4. The minimum atomic E-state index is -0.599. The van der Waals surface area contributed by atoms with Crippen molar-refractivity contribution in [3.63, 3.8) is 0 Å². The molecule has 1 amide bonds. The Labute approximate surface area is 106 Å². The van der Waals surface area contributed by atoms with Crippen LogP contribution in [0.25, 0.3) is 4.96 Å². The number of aromatic nitrogens is 2. The second-order valence-electron chi connectivity index (χ2n) is 3.58. The van der Waals surface area contributed by atoms with Crippen LogP contribution in [-0.4, -0.2) is 33.3 Å². The number of nitrogens with zero attached hydrogens (tertiary/aromatic N) is 3. The van der Waals surface area contributed by atoms with E-state index in [1.165, 1.54) is 22.8 Å². The maximum Gasteiger partial charge on any atom is 0.372 e. The van der Waals surface area contributed by atoms with Gasteiger partial charge in [0.1, 0.15) is 12.2 Å². The summed E-state index contributed by atoms with van der Waals surface area (Å²) in [6.07, 6.45) is 1.57. The lowest BCUT2D eigenvalue weighted by atomic mass is 10.3. The Kier molecular flexibility index (Phi) is 3.15. The van der Waals surface area contributed by atoms with Crippen molar-refractivity contribution in [1.29, 1.82) is 0 Å². The molecule has 0 fully saturated rings. The lowest BCUT2D eigenvalue weighted by Crippen LogP contribution is -2.35. The van der Waals surface area contributed by atoms with Crippen LogP contribution in [0.4, 0.5) is 11.6 Å². The number of amides is 1. The first-order chi connectivity index (χ1) is 8.54. The normalized spacial score (nSPS) is 12.3. The zero-order chi connectivity index (χ0) is 13.3. The third-order valence-corrected chi connectivity index (χ3v) is 3.16. The average Bonchev–Trinajstić information content (AvgIpc) is 2.86. The topological polar surface area (TPSA) is 102 Å². The van der Waals surface area contributed by atoms with Gasteiger partial charge in [-0.2, -0.15) is 9.38 Å². The van der Waals surface area contributed by atoms with E-state index < -0.39 is 11.0 Å². The number of nitrogens with one attached hydrogen (secondary N) is 2. The number of thiazole rings is 1. The molecule has 2 N–H and O–H groups in total. The SMILES string of the molecule is CNC(=O)C(C)Nc1nc2sccn2c1[N+](=O)[O-]. The van der Waals surface area contributed by atoms with Crippen LogP contribution in [-0.2, 0) is 4.79 Å². The molecule has 18 heavy (non-hydrogen) atoms. The number of fused-ring (bicyclic) bond motifs is 1. The van der Waals surface area contributed by atoms with Gasteiger partial charge in [0.25, 0.3) is 4.96 Å². The number of anilines is 1. The van der Waals surface area contributed by atoms with Crippen LogP contribution in [0.2, 0.25) is 0 Å². The number of imidazole rings is 1. The Morgan fingerprint density at radius 1 is 1.67 bits per heavy atom. The van der Waals surface area contributed by atoms with Crippen molar-refractivity contribution < 1.29 is 9.72 Å². The van der Waals surface area contributed by atoms with Gasteiger partial charge < -0.3 is 20.7 Å². The van der Waals surface area contributed by atoms with Gasteiger partial charge in [-0.1, -0.05) is 11.3 Å². The van der Waals surface area contributed by atoms with Gasteiger partial charge in [0.05, 0.1) is 0 Å². The first-order valence-corrected chi connectivity index (χ1v) is 6.00. The highest BCUT2D eigenvalue weighted by atomic mass is 32.1. The van der Waals surface area contributed by atoms with Crippen molar-refractivity contribution >= 4 is 33.8 Å². The van der Waals surface area contributed by atoms with Crippen LogP contribution in [0.1, 0.15) is 6.92 Å².